The van der Waals surface area contributed by atoms with E-state index in [1.54, 1.807) is 35.6 Å². The number of carbonyl (C=O) groups is 1. The number of rotatable bonds is 6. The number of sulfonamides is 1. The van der Waals surface area contributed by atoms with Gasteiger partial charge in [-0.15, -0.1) is 11.3 Å². The lowest BCUT2D eigenvalue weighted by Crippen LogP contribution is -2.43. The second-order valence-electron chi connectivity index (χ2n) is 7.86. The van der Waals surface area contributed by atoms with E-state index in [-0.39, 0.29) is 17.9 Å². The Hall–Kier alpha value is -2.48. The third kappa shape index (κ3) is 4.89. The van der Waals surface area contributed by atoms with Crippen LogP contribution in [0, 0.1) is 12.8 Å². The first kappa shape index (κ1) is 21.7. The fourth-order valence-electron chi connectivity index (χ4n) is 3.90. The molecule has 1 amide bonds. The summed E-state index contributed by atoms with van der Waals surface area (Å²) in [6, 6.07) is 20.7. The van der Waals surface area contributed by atoms with Crippen LogP contribution >= 0.6 is 11.3 Å². The van der Waals surface area contributed by atoms with Crippen LogP contribution in [0.4, 0.5) is 0 Å². The van der Waals surface area contributed by atoms with Crippen molar-refractivity contribution in [3.8, 4) is 0 Å². The minimum Gasteiger partial charge on any atom is -0.344 e. The molecule has 31 heavy (non-hydrogen) atoms. The van der Waals surface area contributed by atoms with Gasteiger partial charge < -0.3 is 5.32 Å². The van der Waals surface area contributed by atoms with Crippen molar-refractivity contribution in [2.75, 3.05) is 13.1 Å². The van der Waals surface area contributed by atoms with Crippen molar-refractivity contribution in [1.29, 1.82) is 0 Å². The summed E-state index contributed by atoms with van der Waals surface area (Å²) in [5.41, 5.74) is 2.06. The highest BCUT2D eigenvalue weighted by Gasteiger charge is 2.33. The van der Waals surface area contributed by atoms with Gasteiger partial charge in [0.25, 0.3) is 0 Å². The number of amides is 1. The summed E-state index contributed by atoms with van der Waals surface area (Å²) in [5, 5.41) is 5.21. The number of nitrogens with one attached hydrogen (secondary N) is 1. The molecule has 0 unspecified atom stereocenters. The van der Waals surface area contributed by atoms with Gasteiger partial charge in [-0.3, -0.25) is 4.79 Å². The van der Waals surface area contributed by atoms with Gasteiger partial charge >= 0.3 is 0 Å². The zero-order valence-electron chi connectivity index (χ0n) is 17.4. The Labute approximate surface area is 187 Å². The number of nitrogens with zero attached hydrogens (tertiary/aromatic N) is 1. The maximum atomic E-state index is 13.1. The third-order valence-electron chi connectivity index (χ3n) is 5.73. The fraction of sp³-hybridized carbons (Fsp3) is 0.292. The first-order valence-corrected chi connectivity index (χ1v) is 12.7. The second kappa shape index (κ2) is 9.34. The summed E-state index contributed by atoms with van der Waals surface area (Å²) in [6.45, 7) is 2.63. The molecule has 3 aromatic rings. The van der Waals surface area contributed by atoms with Gasteiger partial charge in [0.2, 0.25) is 15.9 Å². The maximum Gasteiger partial charge on any atom is 0.243 e. The number of thiophene rings is 1. The zero-order valence-corrected chi connectivity index (χ0v) is 19.0. The van der Waals surface area contributed by atoms with Crippen LogP contribution in [-0.4, -0.2) is 31.7 Å². The van der Waals surface area contributed by atoms with E-state index in [2.05, 4.69) is 5.32 Å². The number of benzene rings is 2. The fourth-order valence-corrected chi connectivity index (χ4v) is 6.17. The first-order chi connectivity index (χ1) is 14.9. The van der Waals surface area contributed by atoms with Crippen LogP contribution in [0.15, 0.2) is 77.0 Å². The van der Waals surface area contributed by atoms with Crippen molar-refractivity contribution >= 4 is 27.3 Å². The first-order valence-electron chi connectivity index (χ1n) is 10.4. The van der Waals surface area contributed by atoms with Gasteiger partial charge in [0.15, 0.2) is 0 Å². The van der Waals surface area contributed by atoms with Crippen LogP contribution in [0.3, 0.4) is 0 Å². The van der Waals surface area contributed by atoms with Crippen LogP contribution in [0.2, 0.25) is 0 Å². The highest BCUT2D eigenvalue weighted by atomic mass is 32.2. The van der Waals surface area contributed by atoms with Crippen molar-refractivity contribution in [3.63, 3.8) is 0 Å². The Morgan fingerprint density at radius 2 is 1.68 bits per heavy atom. The van der Waals surface area contributed by atoms with Crippen molar-refractivity contribution in [1.82, 2.24) is 9.62 Å². The maximum absolute atomic E-state index is 13.1. The summed E-state index contributed by atoms with van der Waals surface area (Å²) in [6.07, 6.45) is 1.03. The molecule has 0 saturated carbocycles. The molecule has 1 aliphatic heterocycles. The molecule has 1 aliphatic rings. The largest absolute Gasteiger partial charge is 0.344 e. The van der Waals surface area contributed by atoms with Gasteiger partial charge in [-0.05, 0) is 48.9 Å². The lowest BCUT2D eigenvalue weighted by atomic mass is 9.96. The molecule has 2 aromatic carbocycles. The molecule has 4 rings (SSSR count). The molecule has 5 nitrogen and oxygen atoms in total. The van der Waals surface area contributed by atoms with E-state index in [9.17, 15) is 13.2 Å². The quantitative estimate of drug-likeness (QED) is 0.602. The molecule has 1 atom stereocenters. The predicted molar refractivity (Wildman–Crippen MR) is 123 cm³/mol. The molecule has 1 N–H and O–H groups in total. The van der Waals surface area contributed by atoms with Gasteiger partial charge in [-0.25, -0.2) is 8.42 Å². The SMILES string of the molecule is Cc1ccc(S(=O)(=O)N2CCC(C(=O)N[C@H](c3ccccc3)c3cccs3)CC2)cc1. The normalized spacial score (nSPS) is 16.7. The summed E-state index contributed by atoms with van der Waals surface area (Å²) in [7, 11) is -3.53. The summed E-state index contributed by atoms with van der Waals surface area (Å²) in [4.78, 5) is 14.5. The van der Waals surface area contributed by atoms with E-state index in [1.807, 2.05) is 54.8 Å². The van der Waals surface area contributed by atoms with Crippen LogP contribution in [0.1, 0.15) is 34.9 Å². The Kier molecular flexibility index (Phi) is 6.55. The van der Waals surface area contributed by atoms with Crippen molar-refractivity contribution in [3.05, 3.63) is 88.1 Å². The summed E-state index contributed by atoms with van der Waals surface area (Å²) < 4.78 is 27.3. The molecular weight excluding hydrogens is 428 g/mol. The van der Waals surface area contributed by atoms with E-state index in [1.165, 1.54) is 4.31 Å². The predicted octanol–water partition coefficient (Wildman–Crippen LogP) is 4.36. The Morgan fingerprint density at radius 3 is 2.29 bits per heavy atom. The smallest absolute Gasteiger partial charge is 0.243 e. The van der Waals surface area contributed by atoms with E-state index in [4.69, 9.17) is 0 Å². The Balaban J connectivity index is 1.42. The highest BCUT2D eigenvalue weighted by Crippen LogP contribution is 2.28. The molecule has 1 saturated heterocycles. The van der Waals surface area contributed by atoms with E-state index >= 15 is 0 Å². The van der Waals surface area contributed by atoms with Gasteiger partial charge in [0, 0.05) is 23.9 Å². The van der Waals surface area contributed by atoms with Crippen molar-refractivity contribution in [2.45, 2.75) is 30.7 Å². The minimum atomic E-state index is -3.53. The topological polar surface area (TPSA) is 66.5 Å². The molecule has 1 fully saturated rings. The zero-order chi connectivity index (χ0) is 21.8. The molecule has 0 radical (unpaired) electrons. The van der Waals surface area contributed by atoms with Crippen molar-refractivity contribution in [2.24, 2.45) is 5.92 Å². The number of hydrogen-bond donors (Lipinski definition) is 1. The average Bonchev–Trinajstić information content (AvgIpc) is 3.33. The lowest BCUT2D eigenvalue weighted by molar-refractivity contribution is -0.126. The van der Waals surface area contributed by atoms with E-state index in [0.29, 0.717) is 30.8 Å². The monoisotopic (exact) mass is 454 g/mol. The van der Waals surface area contributed by atoms with Gasteiger partial charge in [-0.2, -0.15) is 4.31 Å². The molecule has 7 heteroatoms. The Morgan fingerprint density at radius 1 is 1.00 bits per heavy atom. The van der Waals surface area contributed by atoms with Gasteiger partial charge in [-0.1, -0.05) is 54.1 Å². The Bertz CT molecular complexity index is 1100. The summed E-state index contributed by atoms with van der Waals surface area (Å²) >= 11 is 1.61. The molecule has 0 spiro atoms. The minimum absolute atomic E-state index is 0.0189. The number of hydrogen-bond acceptors (Lipinski definition) is 4. The number of aryl methyl sites for hydroxylation is 1. The number of carbonyl (C=O) groups excluding carboxylic acids is 1. The molecule has 2 heterocycles. The van der Waals surface area contributed by atoms with E-state index in [0.717, 1.165) is 16.0 Å². The third-order valence-corrected chi connectivity index (χ3v) is 8.58. The van der Waals surface area contributed by atoms with Crippen molar-refractivity contribution < 1.29 is 13.2 Å². The molecular formula is C24H26N2O3S2. The molecule has 0 aliphatic carbocycles. The highest BCUT2D eigenvalue weighted by molar-refractivity contribution is 7.89. The van der Waals surface area contributed by atoms with Gasteiger partial charge in [0.05, 0.1) is 10.9 Å². The van der Waals surface area contributed by atoms with E-state index < -0.39 is 10.0 Å². The molecule has 1 aromatic heterocycles. The van der Waals surface area contributed by atoms with Crippen LogP contribution < -0.4 is 5.32 Å². The number of piperidine rings is 1. The standard InChI is InChI=1S/C24H26N2O3S2/c1-18-9-11-21(12-10-18)31(28,29)26-15-13-20(14-16-26)24(27)25-23(22-8-5-17-30-22)19-6-3-2-4-7-19/h2-12,17,20,23H,13-16H2,1H3,(H,25,27)/t23-/m1/s1. The summed E-state index contributed by atoms with van der Waals surface area (Å²) in [5.74, 6) is -0.217. The second-order valence-corrected chi connectivity index (χ2v) is 10.8. The van der Waals surface area contributed by atoms with Gasteiger partial charge in [0.1, 0.15) is 0 Å². The van der Waals surface area contributed by atoms with Crippen LogP contribution in [-0.2, 0) is 14.8 Å². The van der Waals surface area contributed by atoms with Crippen LogP contribution in [0.25, 0.3) is 0 Å². The lowest BCUT2D eigenvalue weighted by Gasteiger charge is -2.31. The molecule has 0 bridgehead atoms. The van der Waals surface area contributed by atoms with Crippen LogP contribution in [0.5, 0.6) is 0 Å². The average molecular weight is 455 g/mol. The molecule has 162 valence electrons.